The lowest BCUT2D eigenvalue weighted by atomic mass is 9.68. The highest BCUT2D eigenvalue weighted by atomic mass is 32.2. The minimum absolute atomic E-state index is 0.0142. The fraction of sp³-hybridized carbons (Fsp3) is 0.243. The number of anilines is 2. The van der Waals surface area contributed by atoms with Crippen LogP contribution in [0.5, 0.6) is 5.75 Å². The van der Waals surface area contributed by atoms with E-state index in [0.29, 0.717) is 17.1 Å². The fourth-order valence-electron chi connectivity index (χ4n) is 8.62. The number of hydrogen-bond acceptors (Lipinski definition) is 7. The molecular formula is C37H28FN3O5S2. The molecule has 2 aliphatic heterocycles. The SMILES string of the molecule is O=C(COc1ccc([C@H]2c3sc(=O)[nH]c3SC3C4CC(C5C(=O)N(c6ccc(F)cc6)C(=O)C45)C32)cc1)Nc1ccc2ccccc2c1. The first-order chi connectivity index (χ1) is 23.3. The topological polar surface area (TPSA) is 109 Å². The molecule has 5 aromatic rings. The third kappa shape index (κ3) is 4.62. The van der Waals surface area contributed by atoms with Gasteiger partial charge >= 0.3 is 4.87 Å². The number of aromatic amines is 1. The lowest BCUT2D eigenvalue weighted by Crippen LogP contribution is -2.42. The number of imide groups is 1. The second-order valence-corrected chi connectivity index (χ2v) is 15.1. The number of benzene rings is 4. The van der Waals surface area contributed by atoms with Gasteiger partial charge in [0.05, 0.1) is 22.5 Å². The van der Waals surface area contributed by atoms with E-state index in [1.165, 1.54) is 40.5 Å². The van der Waals surface area contributed by atoms with Crippen LogP contribution in [0.2, 0.25) is 0 Å². The van der Waals surface area contributed by atoms with Crippen LogP contribution in [0, 0.1) is 35.4 Å². The molecule has 3 heterocycles. The molecule has 4 aromatic carbocycles. The maximum atomic E-state index is 13.9. The van der Waals surface area contributed by atoms with Crippen LogP contribution in [0.3, 0.4) is 0 Å². The Morgan fingerprint density at radius 2 is 1.62 bits per heavy atom. The number of nitrogens with one attached hydrogen (secondary N) is 2. The number of nitrogens with zero attached hydrogens (tertiary/aromatic N) is 1. The monoisotopic (exact) mass is 677 g/mol. The zero-order valence-electron chi connectivity index (χ0n) is 25.3. The van der Waals surface area contributed by atoms with Gasteiger partial charge in [0.25, 0.3) is 5.91 Å². The van der Waals surface area contributed by atoms with Crippen molar-refractivity contribution in [2.45, 2.75) is 22.6 Å². The first kappa shape index (κ1) is 29.4. The molecule has 48 heavy (non-hydrogen) atoms. The van der Waals surface area contributed by atoms with Crippen molar-refractivity contribution < 1.29 is 23.5 Å². The van der Waals surface area contributed by atoms with Gasteiger partial charge in [0.2, 0.25) is 11.8 Å². The molecule has 240 valence electrons. The number of carbonyl (C=O) groups excluding carboxylic acids is 3. The normalized spacial score (nSPS) is 26.8. The Morgan fingerprint density at radius 3 is 2.40 bits per heavy atom. The summed E-state index contributed by atoms with van der Waals surface area (Å²) in [7, 11) is 0. The van der Waals surface area contributed by atoms with Crippen LogP contribution in [0.4, 0.5) is 15.8 Å². The van der Waals surface area contributed by atoms with Gasteiger partial charge in [-0.25, -0.2) is 4.39 Å². The lowest BCUT2D eigenvalue weighted by Gasteiger charge is -2.43. The largest absolute Gasteiger partial charge is 0.484 e. The van der Waals surface area contributed by atoms with Gasteiger partial charge in [-0.15, -0.1) is 11.8 Å². The Labute approximate surface area is 282 Å². The summed E-state index contributed by atoms with van der Waals surface area (Å²) in [5, 5.41) is 5.90. The van der Waals surface area contributed by atoms with Crippen LogP contribution >= 0.6 is 23.1 Å². The molecule has 7 atom stereocenters. The second-order valence-electron chi connectivity index (χ2n) is 12.9. The van der Waals surface area contributed by atoms with E-state index in [1.54, 1.807) is 11.8 Å². The summed E-state index contributed by atoms with van der Waals surface area (Å²) in [6, 6.07) is 26.8. The van der Waals surface area contributed by atoms with E-state index in [1.807, 2.05) is 66.7 Å². The molecule has 4 aliphatic rings. The van der Waals surface area contributed by atoms with Crippen molar-refractivity contribution in [2.24, 2.45) is 29.6 Å². The Kier molecular flexibility index (Phi) is 6.84. The van der Waals surface area contributed by atoms with E-state index in [2.05, 4.69) is 10.3 Å². The molecule has 1 saturated heterocycles. The zero-order chi connectivity index (χ0) is 32.7. The second kappa shape index (κ2) is 11.2. The van der Waals surface area contributed by atoms with Crippen molar-refractivity contribution in [3.8, 4) is 5.75 Å². The number of aromatic nitrogens is 1. The number of hydrogen-bond donors (Lipinski definition) is 2. The van der Waals surface area contributed by atoms with Gasteiger partial charge < -0.3 is 15.0 Å². The van der Waals surface area contributed by atoms with Crippen LogP contribution < -0.4 is 19.8 Å². The fourth-order valence-corrected chi connectivity index (χ4v) is 11.5. The van der Waals surface area contributed by atoms with Crippen LogP contribution in [-0.2, 0) is 14.4 Å². The molecule has 11 heteroatoms. The zero-order valence-corrected chi connectivity index (χ0v) is 26.9. The highest BCUT2D eigenvalue weighted by molar-refractivity contribution is 8.00. The van der Waals surface area contributed by atoms with Crippen LogP contribution in [0.1, 0.15) is 22.8 Å². The van der Waals surface area contributed by atoms with Crippen molar-refractivity contribution in [2.75, 3.05) is 16.8 Å². The summed E-state index contributed by atoms with van der Waals surface area (Å²) in [6.07, 6.45) is 0.773. The molecule has 8 nitrogen and oxygen atoms in total. The minimum Gasteiger partial charge on any atom is -0.484 e. The van der Waals surface area contributed by atoms with Crippen LogP contribution in [0.25, 0.3) is 10.8 Å². The number of fused-ring (bicyclic) bond motifs is 10. The van der Waals surface area contributed by atoms with Crippen molar-refractivity contribution >= 4 is 63.0 Å². The first-order valence-corrected chi connectivity index (χ1v) is 17.6. The minimum atomic E-state index is -0.446. The molecule has 3 fully saturated rings. The summed E-state index contributed by atoms with van der Waals surface area (Å²) < 4.78 is 19.5. The van der Waals surface area contributed by atoms with E-state index in [-0.39, 0.29) is 58.1 Å². The average Bonchev–Trinajstić information content (AvgIpc) is 3.83. The summed E-state index contributed by atoms with van der Waals surface area (Å²) in [5.74, 6) is -1.61. The van der Waals surface area contributed by atoms with E-state index in [4.69, 9.17) is 4.74 Å². The molecule has 9 rings (SSSR count). The third-order valence-electron chi connectivity index (χ3n) is 10.5. The van der Waals surface area contributed by atoms with Crippen molar-refractivity contribution in [3.05, 3.63) is 117 Å². The predicted octanol–water partition coefficient (Wildman–Crippen LogP) is 6.42. The molecule has 0 spiro atoms. The van der Waals surface area contributed by atoms with Crippen molar-refractivity contribution in [1.82, 2.24) is 4.98 Å². The lowest BCUT2D eigenvalue weighted by molar-refractivity contribution is -0.123. The Bertz CT molecular complexity index is 2180. The number of thioether (sulfide) groups is 1. The number of carbonyl (C=O) groups is 3. The number of ether oxygens (including phenoxy) is 1. The summed E-state index contributed by atoms with van der Waals surface area (Å²) >= 11 is 2.83. The quantitative estimate of drug-likeness (QED) is 0.201. The summed E-state index contributed by atoms with van der Waals surface area (Å²) in [5.41, 5.74) is 2.09. The van der Waals surface area contributed by atoms with E-state index < -0.39 is 17.7 Å². The molecule has 2 bridgehead atoms. The number of thiazole rings is 1. The van der Waals surface area contributed by atoms with E-state index in [0.717, 1.165) is 32.7 Å². The Morgan fingerprint density at radius 1 is 0.896 bits per heavy atom. The van der Waals surface area contributed by atoms with Gasteiger partial charge in [0, 0.05) is 21.7 Å². The molecule has 2 N–H and O–H groups in total. The molecular weight excluding hydrogens is 650 g/mol. The standard InChI is InChI=1S/C37H28FN3O5S2/c38-21-8-11-23(12-9-21)41-35(43)30-25-16-26(31(30)36(41)44)32-29(25)28(33-34(47-32)40-37(45)48-33)19-6-13-24(14-7-19)46-17-27(42)39-22-10-5-18-3-1-2-4-20(18)15-22/h1-15,25-26,28-32H,16-17H2,(H,39,42)(H,40,45)/t25?,26?,28-,29?,30?,31?,32?/m1/s1. The molecule has 2 aliphatic carbocycles. The highest BCUT2D eigenvalue weighted by Crippen LogP contribution is 2.68. The number of amides is 3. The molecule has 0 radical (unpaired) electrons. The van der Waals surface area contributed by atoms with Crippen LogP contribution in [0.15, 0.2) is 101 Å². The molecule has 6 unspecified atom stereocenters. The molecule has 1 aromatic heterocycles. The van der Waals surface area contributed by atoms with Crippen molar-refractivity contribution in [3.63, 3.8) is 0 Å². The van der Waals surface area contributed by atoms with Gasteiger partial charge in [-0.1, -0.05) is 53.8 Å². The van der Waals surface area contributed by atoms with E-state index in [9.17, 15) is 23.6 Å². The Hall–Kier alpha value is -4.74. The third-order valence-corrected chi connectivity index (χ3v) is 13.0. The predicted molar refractivity (Wildman–Crippen MR) is 182 cm³/mol. The van der Waals surface area contributed by atoms with Gasteiger partial charge in [-0.05, 0) is 89.0 Å². The van der Waals surface area contributed by atoms with E-state index >= 15 is 0 Å². The first-order valence-electron chi connectivity index (χ1n) is 15.9. The van der Waals surface area contributed by atoms with Gasteiger partial charge in [0.1, 0.15) is 11.6 Å². The number of rotatable bonds is 6. The van der Waals surface area contributed by atoms with Crippen LogP contribution in [-0.4, -0.2) is 34.6 Å². The number of halogens is 1. The maximum absolute atomic E-state index is 13.9. The van der Waals surface area contributed by atoms with Gasteiger partial charge in [-0.3, -0.25) is 24.1 Å². The summed E-state index contributed by atoms with van der Waals surface area (Å²) in [4.78, 5) is 58.0. The average molecular weight is 678 g/mol. The Balaban J connectivity index is 0.955. The number of H-pyrrole nitrogens is 1. The molecule has 3 amide bonds. The summed E-state index contributed by atoms with van der Waals surface area (Å²) in [6.45, 7) is -0.159. The highest BCUT2D eigenvalue weighted by Gasteiger charge is 2.69. The van der Waals surface area contributed by atoms with Crippen molar-refractivity contribution in [1.29, 1.82) is 0 Å². The maximum Gasteiger partial charge on any atom is 0.305 e. The van der Waals surface area contributed by atoms with Gasteiger partial charge in [-0.2, -0.15) is 0 Å². The molecule has 2 saturated carbocycles. The smallest absolute Gasteiger partial charge is 0.305 e. The van der Waals surface area contributed by atoms with Gasteiger partial charge in [0.15, 0.2) is 6.61 Å².